The van der Waals surface area contributed by atoms with Gasteiger partial charge in [0.15, 0.2) is 0 Å². The Labute approximate surface area is 133 Å². The fourth-order valence-electron chi connectivity index (χ4n) is 2.98. The van der Waals surface area contributed by atoms with E-state index in [1.807, 2.05) is 17.6 Å². The summed E-state index contributed by atoms with van der Waals surface area (Å²) in [5.74, 6) is -0.120. The van der Waals surface area contributed by atoms with Crippen LogP contribution in [0, 0.1) is 18.3 Å². The van der Waals surface area contributed by atoms with Gasteiger partial charge in [-0.1, -0.05) is 0 Å². The molecule has 0 saturated carbocycles. The lowest BCUT2D eigenvalue weighted by molar-refractivity contribution is -0.143. The number of nitrogens with one attached hydrogen (secondary N) is 1. The van der Waals surface area contributed by atoms with E-state index < -0.39 is 6.10 Å². The Bertz CT molecular complexity index is 832. The van der Waals surface area contributed by atoms with Crippen LogP contribution in [0.4, 0.5) is 0 Å². The molecule has 0 aliphatic carbocycles. The minimum Gasteiger partial charge on any atom is -0.362 e. The summed E-state index contributed by atoms with van der Waals surface area (Å²) in [6, 6.07) is 7.59. The van der Waals surface area contributed by atoms with Crippen molar-refractivity contribution in [2.24, 2.45) is 0 Å². The maximum absolute atomic E-state index is 11.5. The minimum atomic E-state index is -0.496. The molecule has 0 radical (unpaired) electrons. The van der Waals surface area contributed by atoms with Gasteiger partial charge in [0.2, 0.25) is 5.91 Å². The van der Waals surface area contributed by atoms with Crippen LogP contribution in [0.5, 0.6) is 0 Å². The van der Waals surface area contributed by atoms with Crippen molar-refractivity contribution in [1.82, 2.24) is 9.88 Å². The molecular formula is C17H17N3O3. The van der Waals surface area contributed by atoms with Gasteiger partial charge in [0.25, 0.3) is 0 Å². The molecule has 2 atom stereocenters. The van der Waals surface area contributed by atoms with Gasteiger partial charge in [0, 0.05) is 23.0 Å². The summed E-state index contributed by atoms with van der Waals surface area (Å²) in [7, 11) is 0. The second kappa shape index (κ2) is 5.86. The van der Waals surface area contributed by atoms with Gasteiger partial charge < -0.3 is 14.6 Å². The number of carbonyl (C=O) groups is 2. The van der Waals surface area contributed by atoms with Crippen molar-refractivity contribution in [2.45, 2.75) is 32.6 Å². The molecule has 1 aliphatic heterocycles. The van der Waals surface area contributed by atoms with Crippen LogP contribution in [0.25, 0.3) is 10.9 Å². The van der Waals surface area contributed by atoms with Crippen molar-refractivity contribution in [1.29, 1.82) is 5.26 Å². The van der Waals surface area contributed by atoms with Gasteiger partial charge >= 0.3 is 0 Å². The number of hydrogen-bond donors (Lipinski definition) is 1. The number of morpholine rings is 1. The Balaban J connectivity index is 2.00. The molecule has 2 aromatic rings. The molecule has 23 heavy (non-hydrogen) atoms. The predicted molar refractivity (Wildman–Crippen MR) is 84.1 cm³/mol. The highest BCUT2D eigenvalue weighted by Crippen LogP contribution is 2.26. The summed E-state index contributed by atoms with van der Waals surface area (Å²) < 4.78 is 7.58. The van der Waals surface area contributed by atoms with E-state index >= 15 is 0 Å². The molecule has 2 heterocycles. The SMILES string of the molecule is Cc1c(C=O)ccc2c1cc(C#N)n2CC1CNC(=O)C(C)O1. The highest BCUT2D eigenvalue weighted by molar-refractivity contribution is 5.92. The van der Waals surface area contributed by atoms with Gasteiger partial charge in [-0.25, -0.2) is 0 Å². The van der Waals surface area contributed by atoms with E-state index in [0.717, 1.165) is 22.8 Å². The third kappa shape index (κ3) is 2.60. The first kappa shape index (κ1) is 15.3. The van der Waals surface area contributed by atoms with E-state index in [0.29, 0.717) is 24.3 Å². The molecular weight excluding hydrogens is 294 g/mol. The van der Waals surface area contributed by atoms with E-state index in [1.165, 1.54) is 0 Å². The topological polar surface area (TPSA) is 84.1 Å². The van der Waals surface area contributed by atoms with Crippen molar-refractivity contribution in [3.63, 3.8) is 0 Å². The molecule has 0 bridgehead atoms. The second-order valence-electron chi connectivity index (χ2n) is 5.73. The molecule has 3 rings (SSSR count). The number of aldehydes is 1. The van der Waals surface area contributed by atoms with Crippen LogP contribution in [0.15, 0.2) is 18.2 Å². The highest BCUT2D eigenvalue weighted by Gasteiger charge is 2.26. The average Bonchev–Trinajstić information content (AvgIpc) is 2.90. The Morgan fingerprint density at radius 1 is 1.52 bits per heavy atom. The molecule has 2 unspecified atom stereocenters. The van der Waals surface area contributed by atoms with E-state index in [9.17, 15) is 14.9 Å². The smallest absolute Gasteiger partial charge is 0.248 e. The largest absolute Gasteiger partial charge is 0.362 e. The number of amides is 1. The Kier molecular flexibility index (Phi) is 3.89. The summed E-state index contributed by atoms with van der Waals surface area (Å²) in [6.07, 6.45) is 0.126. The predicted octanol–water partition coefficient (Wildman–Crippen LogP) is 1.54. The van der Waals surface area contributed by atoms with Crippen molar-refractivity contribution >= 4 is 23.1 Å². The number of fused-ring (bicyclic) bond motifs is 1. The fourth-order valence-corrected chi connectivity index (χ4v) is 2.98. The van der Waals surface area contributed by atoms with Gasteiger partial charge in [0.05, 0.1) is 12.6 Å². The zero-order valence-electron chi connectivity index (χ0n) is 13.0. The van der Waals surface area contributed by atoms with Gasteiger partial charge in [-0.05, 0) is 37.6 Å². The summed E-state index contributed by atoms with van der Waals surface area (Å²) in [6.45, 7) is 4.47. The van der Waals surface area contributed by atoms with Crippen LogP contribution in [-0.2, 0) is 16.1 Å². The molecule has 1 saturated heterocycles. The molecule has 118 valence electrons. The quantitative estimate of drug-likeness (QED) is 0.871. The van der Waals surface area contributed by atoms with Crippen LogP contribution >= 0.6 is 0 Å². The second-order valence-corrected chi connectivity index (χ2v) is 5.73. The summed E-state index contributed by atoms with van der Waals surface area (Å²) in [5.41, 5.74) is 2.88. The van der Waals surface area contributed by atoms with Crippen molar-refractivity contribution < 1.29 is 14.3 Å². The molecule has 1 aliphatic rings. The summed E-state index contributed by atoms with van der Waals surface area (Å²) >= 11 is 0. The minimum absolute atomic E-state index is 0.120. The molecule has 1 fully saturated rings. The first-order chi connectivity index (χ1) is 11.0. The summed E-state index contributed by atoms with van der Waals surface area (Å²) in [4.78, 5) is 22.5. The van der Waals surface area contributed by atoms with Gasteiger partial charge in [-0.3, -0.25) is 9.59 Å². The maximum Gasteiger partial charge on any atom is 0.248 e. The zero-order valence-corrected chi connectivity index (χ0v) is 13.0. The number of benzene rings is 1. The third-order valence-corrected chi connectivity index (χ3v) is 4.29. The zero-order chi connectivity index (χ0) is 16.6. The molecule has 6 heteroatoms. The van der Waals surface area contributed by atoms with Crippen LogP contribution in [0.1, 0.15) is 28.5 Å². The fraction of sp³-hybridized carbons (Fsp3) is 0.353. The molecule has 0 spiro atoms. The number of aryl methyl sites for hydroxylation is 1. The first-order valence-corrected chi connectivity index (χ1v) is 7.46. The Morgan fingerprint density at radius 2 is 2.30 bits per heavy atom. The third-order valence-electron chi connectivity index (χ3n) is 4.29. The van der Waals surface area contributed by atoms with E-state index in [-0.39, 0.29) is 12.0 Å². The van der Waals surface area contributed by atoms with E-state index in [4.69, 9.17) is 4.74 Å². The van der Waals surface area contributed by atoms with E-state index in [2.05, 4.69) is 11.4 Å². The van der Waals surface area contributed by atoms with Gasteiger partial charge in [-0.2, -0.15) is 5.26 Å². The Hall–Kier alpha value is -2.65. The van der Waals surface area contributed by atoms with Crippen LogP contribution in [0.3, 0.4) is 0 Å². The monoisotopic (exact) mass is 311 g/mol. The van der Waals surface area contributed by atoms with Gasteiger partial charge in [0.1, 0.15) is 24.2 Å². The van der Waals surface area contributed by atoms with Crippen LogP contribution in [0.2, 0.25) is 0 Å². The van der Waals surface area contributed by atoms with Crippen molar-refractivity contribution in [3.8, 4) is 6.07 Å². The number of rotatable bonds is 3. The molecule has 1 aromatic heterocycles. The lowest BCUT2D eigenvalue weighted by Crippen LogP contribution is -2.49. The molecule has 1 N–H and O–H groups in total. The highest BCUT2D eigenvalue weighted by atomic mass is 16.5. The van der Waals surface area contributed by atoms with Crippen LogP contribution < -0.4 is 5.32 Å². The number of ether oxygens (including phenoxy) is 1. The number of nitrogens with zero attached hydrogens (tertiary/aromatic N) is 2. The number of hydrogen-bond acceptors (Lipinski definition) is 4. The number of carbonyl (C=O) groups excluding carboxylic acids is 2. The summed E-state index contributed by atoms with van der Waals surface area (Å²) in [5, 5.41) is 13.1. The lowest BCUT2D eigenvalue weighted by atomic mass is 10.1. The normalized spacial score (nSPS) is 21.0. The number of nitriles is 1. The Morgan fingerprint density at radius 3 is 2.96 bits per heavy atom. The van der Waals surface area contributed by atoms with Crippen molar-refractivity contribution in [2.75, 3.05) is 6.54 Å². The van der Waals surface area contributed by atoms with Gasteiger partial charge in [-0.15, -0.1) is 0 Å². The molecule has 6 nitrogen and oxygen atoms in total. The average molecular weight is 311 g/mol. The lowest BCUT2D eigenvalue weighted by Gasteiger charge is -2.28. The first-order valence-electron chi connectivity index (χ1n) is 7.46. The standard InChI is InChI=1S/C17H17N3O3/c1-10-12(9-21)3-4-16-15(10)5-13(6-18)20(16)8-14-7-19-17(22)11(2)23-14/h3-5,9,11,14H,7-8H2,1-2H3,(H,19,22). The molecule has 1 aromatic carbocycles. The van der Waals surface area contributed by atoms with Crippen LogP contribution in [-0.4, -0.2) is 35.5 Å². The maximum atomic E-state index is 11.5. The molecule has 1 amide bonds. The van der Waals surface area contributed by atoms with E-state index in [1.54, 1.807) is 19.1 Å². The number of aromatic nitrogens is 1. The van der Waals surface area contributed by atoms with Crippen molar-refractivity contribution in [3.05, 3.63) is 35.0 Å².